The molecule has 0 spiro atoms. The normalized spacial score (nSPS) is 10.3. The van der Waals surface area contributed by atoms with Gasteiger partial charge in [0.15, 0.2) is 0 Å². The molecule has 0 N–H and O–H groups in total. The quantitative estimate of drug-likeness (QED) is 0.475. The van der Waals surface area contributed by atoms with Crippen LogP contribution in [0.4, 0.5) is 5.69 Å². The van der Waals surface area contributed by atoms with Crippen molar-refractivity contribution in [1.29, 1.82) is 0 Å². The molecule has 0 aromatic carbocycles. The lowest BCUT2D eigenvalue weighted by molar-refractivity contribution is -0.385. The van der Waals surface area contributed by atoms with Crippen molar-refractivity contribution in [3.05, 3.63) is 34.7 Å². The molecule has 2 heterocycles. The van der Waals surface area contributed by atoms with E-state index < -0.39 is 4.92 Å². The Morgan fingerprint density at radius 3 is 3.17 bits per heavy atom. The Hall–Kier alpha value is -1.91. The Bertz CT molecular complexity index is 435. The molecule has 0 aliphatic rings. The molecule has 2 aromatic heterocycles. The Morgan fingerprint density at radius 2 is 2.42 bits per heavy atom. The second-order valence-corrected chi connectivity index (χ2v) is 2.27. The highest BCUT2D eigenvalue weighted by Crippen LogP contribution is 2.18. The molecule has 0 aliphatic heterocycles. The summed E-state index contributed by atoms with van der Waals surface area (Å²) in [6, 6.07) is 3.06. The van der Waals surface area contributed by atoms with Gasteiger partial charge in [-0.05, 0) is 6.07 Å². The third-order valence-electron chi connectivity index (χ3n) is 1.50. The maximum atomic E-state index is 10.3. The van der Waals surface area contributed by atoms with Crippen LogP contribution in [0.25, 0.3) is 11.1 Å². The summed E-state index contributed by atoms with van der Waals surface area (Å²) in [4.78, 5) is 13.6. The monoisotopic (exact) mass is 164 g/mol. The van der Waals surface area contributed by atoms with E-state index in [0.29, 0.717) is 11.1 Å². The van der Waals surface area contributed by atoms with E-state index in [9.17, 15) is 10.1 Å². The van der Waals surface area contributed by atoms with Gasteiger partial charge in [0.25, 0.3) is 5.69 Å². The van der Waals surface area contributed by atoms with Crippen LogP contribution in [0.3, 0.4) is 0 Å². The van der Waals surface area contributed by atoms with Crippen LogP contribution in [0.5, 0.6) is 0 Å². The molecule has 0 fully saturated rings. The molecule has 0 bridgehead atoms. The summed E-state index contributed by atoms with van der Waals surface area (Å²) in [7, 11) is 0. The number of rotatable bonds is 1. The molecule has 5 nitrogen and oxygen atoms in total. The number of fused-ring (bicyclic) bond motifs is 1. The van der Waals surface area contributed by atoms with E-state index in [0.717, 1.165) is 0 Å². The minimum absolute atomic E-state index is 0.0242. The van der Waals surface area contributed by atoms with Gasteiger partial charge in [0, 0.05) is 11.5 Å². The first-order valence-corrected chi connectivity index (χ1v) is 3.25. The van der Waals surface area contributed by atoms with E-state index in [1.165, 1.54) is 18.5 Å². The maximum Gasteiger partial charge on any atom is 0.288 e. The van der Waals surface area contributed by atoms with E-state index in [1.54, 1.807) is 6.07 Å². The molecule has 2 rings (SSSR count). The highest BCUT2D eigenvalue weighted by atomic mass is 16.6. The van der Waals surface area contributed by atoms with Crippen LogP contribution in [0.15, 0.2) is 29.0 Å². The summed E-state index contributed by atoms with van der Waals surface area (Å²) in [5.74, 6) is 0. The number of nitro groups is 1. The lowest BCUT2D eigenvalue weighted by Gasteiger charge is -1.88. The minimum Gasteiger partial charge on any atom is -0.446 e. The summed E-state index contributed by atoms with van der Waals surface area (Å²) >= 11 is 0. The first kappa shape index (κ1) is 6.78. The van der Waals surface area contributed by atoms with Gasteiger partial charge in [-0.3, -0.25) is 10.1 Å². The molecule has 0 amide bonds. The van der Waals surface area contributed by atoms with Gasteiger partial charge in [-0.25, -0.2) is 4.98 Å². The number of hydrogen-bond donors (Lipinski definition) is 0. The highest BCUT2D eigenvalue weighted by molar-refractivity contribution is 5.75. The third kappa shape index (κ3) is 0.914. The SMILES string of the molecule is O=[N+]([O-])c1cnc2occc2c1. The van der Waals surface area contributed by atoms with Crippen molar-refractivity contribution in [2.75, 3.05) is 0 Å². The summed E-state index contributed by atoms with van der Waals surface area (Å²) in [6.45, 7) is 0. The Balaban J connectivity index is 2.68. The number of nitrogens with zero attached hydrogens (tertiary/aromatic N) is 2. The average Bonchev–Trinajstić information content (AvgIpc) is 2.49. The van der Waals surface area contributed by atoms with Crippen molar-refractivity contribution in [1.82, 2.24) is 4.98 Å². The largest absolute Gasteiger partial charge is 0.446 e. The second-order valence-electron chi connectivity index (χ2n) is 2.27. The van der Waals surface area contributed by atoms with Crippen molar-refractivity contribution in [3.63, 3.8) is 0 Å². The van der Waals surface area contributed by atoms with Crippen LogP contribution < -0.4 is 0 Å². The van der Waals surface area contributed by atoms with Crippen molar-refractivity contribution in [2.45, 2.75) is 0 Å². The molecule has 60 valence electrons. The molecule has 5 heteroatoms. The summed E-state index contributed by atoms with van der Waals surface area (Å²) in [5.41, 5.74) is 0.393. The van der Waals surface area contributed by atoms with Crippen LogP contribution in [0, 0.1) is 10.1 Å². The van der Waals surface area contributed by atoms with Crippen LogP contribution in [0.1, 0.15) is 0 Å². The van der Waals surface area contributed by atoms with Crippen molar-refractivity contribution in [2.24, 2.45) is 0 Å². The lowest BCUT2D eigenvalue weighted by atomic mass is 10.3. The van der Waals surface area contributed by atoms with E-state index in [4.69, 9.17) is 4.42 Å². The van der Waals surface area contributed by atoms with Crippen LogP contribution in [-0.2, 0) is 0 Å². The summed E-state index contributed by atoms with van der Waals surface area (Å²) in [6.07, 6.45) is 2.62. The first-order valence-electron chi connectivity index (χ1n) is 3.25. The fraction of sp³-hybridized carbons (Fsp3) is 0. The molecule has 0 atom stereocenters. The first-order chi connectivity index (χ1) is 5.77. The molecule has 0 saturated heterocycles. The predicted octanol–water partition coefficient (Wildman–Crippen LogP) is 1.74. The smallest absolute Gasteiger partial charge is 0.288 e. The summed E-state index contributed by atoms with van der Waals surface area (Å²) < 4.78 is 4.92. The van der Waals surface area contributed by atoms with Crippen molar-refractivity contribution >= 4 is 16.8 Å². The van der Waals surface area contributed by atoms with Gasteiger partial charge in [0.2, 0.25) is 5.71 Å². The molecular formula is C7H4N2O3. The van der Waals surface area contributed by atoms with Crippen LogP contribution >= 0.6 is 0 Å². The summed E-state index contributed by atoms with van der Waals surface area (Å²) in [5, 5.41) is 10.9. The average molecular weight is 164 g/mol. The van der Waals surface area contributed by atoms with E-state index in [-0.39, 0.29) is 5.69 Å². The van der Waals surface area contributed by atoms with E-state index in [1.807, 2.05) is 0 Å². The molecule has 0 unspecified atom stereocenters. The maximum absolute atomic E-state index is 10.3. The predicted molar refractivity (Wildman–Crippen MR) is 40.7 cm³/mol. The molecule has 0 saturated carbocycles. The molecule has 0 aliphatic carbocycles. The molecule has 12 heavy (non-hydrogen) atoms. The van der Waals surface area contributed by atoms with Crippen LogP contribution in [0.2, 0.25) is 0 Å². The number of pyridine rings is 1. The second kappa shape index (κ2) is 2.30. The molecule has 0 radical (unpaired) electrons. The van der Waals surface area contributed by atoms with E-state index in [2.05, 4.69) is 4.98 Å². The van der Waals surface area contributed by atoms with Gasteiger partial charge in [-0.15, -0.1) is 0 Å². The Morgan fingerprint density at radius 1 is 1.58 bits per heavy atom. The van der Waals surface area contributed by atoms with Crippen molar-refractivity contribution in [3.8, 4) is 0 Å². The zero-order chi connectivity index (χ0) is 8.55. The van der Waals surface area contributed by atoms with E-state index >= 15 is 0 Å². The number of furan rings is 1. The highest BCUT2D eigenvalue weighted by Gasteiger charge is 2.07. The topological polar surface area (TPSA) is 69.2 Å². The van der Waals surface area contributed by atoms with Gasteiger partial charge >= 0.3 is 0 Å². The number of aromatic nitrogens is 1. The zero-order valence-electron chi connectivity index (χ0n) is 5.93. The zero-order valence-corrected chi connectivity index (χ0v) is 5.93. The van der Waals surface area contributed by atoms with Gasteiger partial charge in [-0.2, -0.15) is 0 Å². The van der Waals surface area contributed by atoms with Crippen LogP contribution in [-0.4, -0.2) is 9.91 Å². The van der Waals surface area contributed by atoms with Gasteiger partial charge < -0.3 is 4.42 Å². The van der Waals surface area contributed by atoms with Gasteiger partial charge in [0.1, 0.15) is 6.20 Å². The number of hydrogen-bond acceptors (Lipinski definition) is 4. The fourth-order valence-electron chi connectivity index (χ4n) is 0.947. The molecular weight excluding hydrogens is 160 g/mol. The Labute approximate surface area is 66.8 Å². The molecule has 2 aromatic rings. The lowest BCUT2D eigenvalue weighted by Crippen LogP contribution is -1.87. The van der Waals surface area contributed by atoms with Gasteiger partial charge in [-0.1, -0.05) is 0 Å². The standard InChI is InChI=1S/C7H4N2O3/c10-9(11)6-3-5-1-2-12-7(5)8-4-6/h1-4H. The van der Waals surface area contributed by atoms with Gasteiger partial charge in [0.05, 0.1) is 11.2 Å². The minimum atomic E-state index is -0.487. The fourth-order valence-corrected chi connectivity index (χ4v) is 0.947. The third-order valence-corrected chi connectivity index (χ3v) is 1.50. The Kier molecular flexibility index (Phi) is 1.30. The van der Waals surface area contributed by atoms with Crippen molar-refractivity contribution < 1.29 is 9.34 Å².